The topological polar surface area (TPSA) is 58.6 Å². The quantitative estimate of drug-likeness (QED) is 0.707. The standard InChI is InChI=1S/C18H34N2O3S/c1-14(2)8-11-24-13-16(21)20-9-6-15(7-10-20)12-19-17(22)23-18(3,4)5/h14-15H,6-13H2,1-5H3,(H,19,22). The van der Waals surface area contributed by atoms with Crippen molar-refractivity contribution in [2.45, 2.75) is 59.5 Å². The number of hydrogen-bond donors (Lipinski definition) is 1. The number of likely N-dealkylation sites (tertiary alicyclic amines) is 1. The Labute approximate surface area is 151 Å². The fourth-order valence-corrected chi connectivity index (χ4v) is 3.64. The Morgan fingerprint density at radius 2 is 1.88 bits per heavy atom. The molecular weight excluding hydrogens is 324 g/mol. The van der Waals surface area contributed by atoms with E-state index >= 15 is 0 Å². The molecule has 1 fully saturated rings. The second-order valence-corrected chi connectivity index (χ2v) is 9.05. The molecule has 0 radical (unpaired) electrons. The summed E-state index contributed by atoms with van der Waals surface area (Å²) in [7, 11) is 0. The summed E-state index contributed by atoms with van der Waals surface area (Å²) in [5, 5.41) is 2.84. The summed E-state index contributed by atoms with van der Waals surface area (Å²) in [5.74, 6) is 3.02. The van der Waals surface area contributed by atoms with Gasteiger partial charge in [0, 0.05) is 19.6 Å². The van der Waals surface area contributed by atoms with Crippen LogP contribution >= 0.6 is 11.8 Å². The summed E-state index contributed by atoms with van der Waals surface area (Å²) in [6, 6.07) is 0. The molecule has 1 aliphatic heterocycles. The molecule has 1 heterocycles. The van der Waals surface area contributed by atoms with Crippen molar-refractivity contribution in [1.29, 1.82) is 0 Å². The predicted octanol–water partition coefficient (Wildman–Crippen LogP) is 3.53. The second-order valence-electron chi connectivity index (χ2n) is 7.94. The van der Waals surface area contributed by atoms with E-state index in [0.29, 0.717) is 24.1 Å². The molecule has 24 heavy (non-hydrogen) atoms. The molecule has 0 bridgehead atoms. The lowest BCUT2D eigenvalue weighted by Crippen LogP contribution is -2.43. The molecule has 1 N–H and O–H groups in total. The van der Waals surface area contributed by atoms with Crippen LogP contribution in [-0.4, -0.2) is 53.6 Å². The monoisotopic (exact) mass is 358 g/mol. The third kappa shape index (κ3) is 9.40. The highest BCUT2D eigenvalue weighted by molar-refractivity contribution is 7.99. The molecule has 2 amide bonds. The summed E-state index contributed by atoms with van der Waals surface area (Å²) in [6.07, 6.45) is 2.69. The van der Waals surface area contributed by atoms with Crippen LogP contribution in [0.1, 0.15) is 53.9 Å². The highest BCUT2D eigenvalue weighted by Crippen LogP contribution is 2.18. The van der Waals surface area contributed by atoms with Crippen LogP contribution in [0.2, 0.25) is 0 Å². The zero-order chi connectivity index (χ0) is 18.2. The molecule has 0 aromatic rings. The number of nitrogens with zero attached hydrogens (tertiary/aromatic N) is 1. The third-order valence-corrected chi connectivity index (χ3v) is 4.94. The van der Waals surface area contributed by atoms with E-state index in [0.717, 1.165) is 38.1 Å². The van der Waals surface area contributed by atoms with E-state index in [4.69, 9.17) is 4.74 Å². The van der Waals surface area contributed by atoms with Gasteiger partial charge in [-0.15, -0.1) is 0 Å². The molecule has 0 atom stereocenters. The Balaban J connectivity index is 2.17. The van der Waals surface area contributed by atoms with E-state index in [1.807, 2.05) is 25.7 Å². The first-order valence-electron chi connectivity index (χ1n) is 8.99. The number of amides is 2. The fourth-order valence-electron chi connectivity index (χ4n) is 2.50. The van der Waals surface area contributed by atoms with E-state index in [-0.39, 0.29) is 12.0 Å². The smallest absolute Gasteiger partial charge is 0.407 e. The number of alkyl carbamates (subject to hydrolysis) is 1. The molecule has 6 heteroatoms. The van der Waals surface area contributed by atoms with Gasteiger partial charge in [0.15, 0.2) is 0 Å². The molecule has 1 saturated heterocycles. The number of hydrogen-bond acceptors (Lipinski definition) is 4. The average molecular weight is 359 g/mol. The van der Waals surface area contributed by atoms with Crippen molar-refractivity contribution in [3.63, 3.8) is 0 Å². The maximum atomic E-state index is 12.2. The lowest BCUT2D eigenvalue weighted by atomic mass is 9.97. The van der Waals surface area contributed by atoms with Gasteiger partial charge in [-0.3, -0.25) is 4.79 Å². The van der Waals surface area contributed by atoms with E-state index in [1.165, 1.54) is 0 Å². The molecule has 1 rings (SSSR count). The molecule has 0 aromatic heterocycles. The van der Waals surface area contributed by atoms with E-state index in [2.05, 4.69) is 19.2 Å². The largest absolute Gasteiger partial charge is 0.444 e. The Kier molecular flexibility index (Phi) is 8.95. The van der Waals surface area contributed by atoms with Crippen molar-refractivity contribution in [1.82, 2.24) is 10.2 Å². The lowest BCUT2D eigenvalue weighted by Gasteiger charge is -2.32. The number of nitrogens with one attached hydrogen (secondary N) is 1. The lowest BCUT2D eigenvalue weighted by molar-refractivity contribution is -0.129. The van der Waals surface area contributed by atoms with Crippen molar-refractivity contribution in [2.75, 3.05) is 31.1 Å². The summed E-state index contributed by atoms with van der Waals surface area (Å²) in [4.78, 5) is 25.8. The van der Waals surface area contributed by atoms with Crippen molar-refractivity contribution in [2.24, 2.45) is 11.8 Å². The maximum absolute atomic E-state index is 12.2. The molecule has 1 aliphatic rings. The summed E-state index contributed by atoms with van der Waals surface area (Å²) >= 11 is 1.74. The zero-order valence-electron chi connectivity index (χ0n) is 15.9. The Hall–Kier alpha value is -0.910. The van der Waals surface area contributed by atoms with Gasteiger partial charge in [-0.25, -0.2) is 4.79 Å². The molecule has 0 aliphatic carbocycles. The van der Waals surface area contributed by atoms with Gasteiger partial charge in [-0.2, -0.15) is 11.8 Å². The van der Waals surface area contributed by atoms with Crippen molar-refractivity contribution in [3.8, 4) is 0 Å². The zero-order valence-corrected chi connectivity index (χ0v) is 16.7. The number of thioether (sulfide) groups is 1. The molecular formula is C18H34N2O3S. The van der Waals surface area contributed by atoms with Gasteiger partial charge in [-0.05, 0) is 57.6 Å². The van der Waals surface area contributed by atoms with Gasteiger partial charge in [0.1, 0.15) is 5.60 Å². The first kappa shape index (κ1) is 21.1. The first-order chi connectivity index (χ1) is 11.2. The van der Waals surface area contributed by atoms with Gasteiger partial charge < -0.3 is 15.0 Å². The minimum absolute atomic E-state index is 0.252. The molecule has 0 unspecified atom stereocenters. The molecule has 5 nitrogen and oxygen atoms in total. The molecule has 140 valence electrons. The number of carbonyl (C=O) groups excluding carboxylic acids is 2. The van der Waals surface area contributed by atoms with Crippen LogP contribution < -0.4 is 5.32 Å². The van der Waals surface area contributed by atoms with Crippen LogP contribution in [0.4, 0.5) is 4.79 Å². The Bertz CT molecular complexity index is 400. The van der Waals surface area contributed by atoms with Gasteiger partial charge in [0.2, 0.25) is 5.91 Å². The predicted molar refractivity (Wildman–Crippen MR) is 100 cm³/mol. The maximum Gasteiger partial charge on any atom is 0.407 e. The average Bonchev–Trinajstić information content (AvgIpc) is 2.48. The summed E-state index contributed by atoms with van der Waals surface area (Å²) < 4.78 is 5.24. The highest BCUT2D eigenvalue weighted by atomic mass is 32.2. The molecule has 0 aromatic carbocycles. The Morgan fingerprint density at radius 3 is 2.42 bits per heavy atom. The van der Waals surface area contributed by atoms with Crippen molar-refractivity contribution in [3.05, 3.63) is 0 Å². The highest BCUT2D eigenvalue weighted by Gasteiger charge is 2.24. The number of rotatable bonds is 7. The van der Waals surface area contributed by atoms with Crippen LogP contribution in [0.5, 0.6) is 0 Å². The minimum atomic E-state index is -0.465. The van der Waals surface area contributed by atoms with E-state index in [9.17, 15) is 9.59 Å². The van der Waals surface area contributed by atoms with Crippen LogP contribution in [0.25, 0.3) is 0 Å². The Morgan fingerprint density at radius 1 is 1.25 bits per heavy atom. The van der Waals surface area contributed by atoms with Crippen LogP contribution in [-0.2, 0) is 9.53 Å². The fraction of sp³-hybridized carbons (Fsp3) is 0.889. The van der Waals surface area contributed by atoms with Crippen molar-refractivity contribution < 1.29 is 14.3 Å². The van der Waals surface area contributed by atoms with E-state index in [1.54, 1.807) is 11.8 Å². The van der Waals surface area contributed by atoms with Crippen molar-refractivity contribution >= 4 is 23.8 Å². The van der Waals surface area contributed by atoms with Crippen LogP contribution in [0, 0.1) is 11.8 Å². The molecule has 0 saturated carbocycles. The van der Waals surface area contributed by atoms with Gasteiger partial charge >= 0.3 is 6.09 Å². The summed E-state index contributed by atoms with van der Waals surface area (Å²) in [5.41, 5.74) is -0.465. The second kappa shape index (κ2) is 10.2. The van der Waals surface area contributed by atoms with Gasteiger partial charge in [0.25, 0.3) is 0 Å². The normalized spacial score (nSPS) is 16.3. The number of piperidine rings is 1. The van der Waals surface area contributed by atoms with Crippen LogP contribution in [0.15, 0.2) is 0 Å². The number of ether oxygens (including phenoxy) is 1. The molecule has 0 spiro atoms. The number of carbonyl (C=O) groups is 2. The SMILES string of the molecule is CC(C)CCSCC(=O)N1CCC(CNC(=O)OC(C)(C)C)CC1. The van der Waals surface area contributed by atoms with Gasteiger partial charge in [0.05, 0.1) is 5.75 Å². The van der Waals surface area contributed by atoms with E-state index < -0.39 is 5.60 Å². The first-order valence-corrected chi connectivity index (χ1v) is 10.1. The van der Waals surface area contributed by atoms with Crippen LogP contribution in [0.3, 0.4) is 0 Å². The summed E-state index contributed by atoms with van der Waals surface area (Å²) in [6.45, 7) is 12.2. The van der Waals surface area contributed by atoms with Gasteiger partial charge in [-0.1, -0.05) is 13.8 Å². The third-order valence-electron chi connectivity index (χ3n) is 3.97. The minimum Gasteiger partial charge on any atom is -0.444 e.